The van der Waals surface area contributed by atoms with Gasteiger partial charge in [-0.2, -0.15) is 0 Å². The molecule has 1 aliphatic heterocycles. The van der Waals surface area contributed by atoms with Gasteiger partial charge < -0.3 is 9.84 Å². The van der Waals surface area contributed by atoms with Crippen molar-refractivity contribution in [2.24, 2.45) is 5.41 Å². The number of hydrogen-bond acceptors (Lipinski definition) is 2. The molecule has 0 fully saturated rings. The standard InChI is InChI=1S/C15H24O2/c1-10-8-12(17-13(16)9-10)14-11(2)6-5-7-15(14,3)4/h9,12-13,16H,5-8H2,1-4H3. The molecule has 0 amide bonds. The van der Waals surface area contributed by atoms with Gasteiger partial charge >= 0.3 is 0 Å². The van der Waals surface area contributed by atoms with Crippen LogP contribution in [0.3, 0.4) is 0 Å². The summed E-state index contributed by atoms with van der Waals surface area (Å²) in [4.78, 5) is 0. The first-order chi connectivity index (χ1) is 7.90. The fraction of sp³-hybridized carbons (Fsp3) is 0.733. The van der Waals surface area contributed by atoms with Gasteiger partial charge in [0.15, 0.2) is 6.29 Å². The van der Waals surface area contributed by atoms with Gasteiger partial charge in [0, 0.05) is 0 Å². The predicted molar refractivity (Wildman–Crippen MR) is 69.6 cm³/mol. The highest BCUT2D eigenvalue weighted by Gasteiger charge is 2.36. The van der Waals surface area contributed by atoms with Crippen molar-refractivity contribution in [1.82, 2.24) is 0 Å². The molecule has 2 unspecified atom stereocenters. The molecule has 0 saturated carbocycles. The summed E-state index contributed by atoms with van der Waals surface area (Å²) in [5.74, 6) is 0. The molecule has 0 bridgehead atoms. The first-order valence-corrected chi connectivity index (χ1v) is 6.61. The van der Waals surface area contributed by atoms with Gasteiger partial charge in [0.05, 0.1) is 6.10 Å². The van der Waals surface area contributed by atoms with E-state index in [9.17, 15) is 5.11 Å². The molecule has 2 atom stereocenters. The van der Waals surface area contributed by atoms with Crippen molar-refractivity contribution in [3.63, 3.8) is 0 Å². The molecule has 2 aliphatic rings. The Morgan fingerprint density at radius 2 is 2.06 bits per heavy atom. The van der Waals surface area contributed by atoms with Crippen molar-refractivity contribution in [3.8, 4) is 0 Å². The van der Waals surface area contributed by atoms with Gasteiger partial charge in [0.25, 0.3) is 0 Å². The number of rotatable bonds is 1. The maximum atomic E-state index is 9.72. The third-order valence-corrected chi connectivity index (χ3v) is 4.10. The quantitative estimate of drug-likeness (QED) is 0.705. The van der Waals surface area contributed by atoms with E-state index in [1.807, 2.05) is 6.08 Å². The Morgan fingerprint density at radius 1 is 1.35 bits per heavy atom. The summed E-state index contributed by atoms with van der Waals surface area (Å²) < 4.78 is 5.72. The molecule has 2 heteroatoms. The van der Waals surface area contributed by atoms with Crippen LogP contribution in [0.15, 0.2) is 22.8 Å². The number of hydrogen-bond donors (Lipinski definition) is 1. The van der Waals surface area contributed by atoms with Gasteiger partial charge in [-0.3, -0.25) is 0 Å². The van der Waals surface area contributed by atoms with Crippen LogP contribution in [0.1, 0.15) is 53.4 Å². The van der Waals surface area contributed by atoms with E-state index in [0.29, 0.717) is 0 Å². The van der Waals surface area contributed by atoms with Crippen LogP contribution in [0.4, 0.5) is 0 Å². The van der Waals surface area contributed by atoms with Crippen molar-refractivity contribution >= 4 is 0 Å². The lowest BCUT2D eigenvalue weighted by atomic mass is 9.69. The van der Waals surface area contributed by atoms with E-state index in [4.69, 9.17) is 4.74 Å². The molecular formula is C15H24O2. The van der Waals surface area contributed by atoms with Crippen LogP contribution >= 0.6 is 0 Å². The molecule has 0 spiro atoms. The summed E-state index contributed by atoms with van der Waals surface area (Å²) in [6.07, 6.45) is 5.74. The number of ether oxygens (including phenoxy) is 1. The Hall–Kier alpha value is -0.600. The molecule has 0 aromatic carbocycles. The van der Waals surface area contributed by atoms with Crippen molar-refractivity contribution in [2.75, 3.05) is 0 Å². The summed E-state index contributed by atoms with van der Waals surface area (Å²) in [5, 5.41) is 9.72. The topological polar surface area (TPSA) is 29.5 Å². The number of aliphatic hydroxyl groups is 1. The van der Waals surface area contributed by atoms with Crippen LogP contribution in [-0.2, 0) is 4.74 Å². The van der Waals surface area contributed by atoms with Crippen LogP contribution in [0.5, 0.6) is 0 Å². The minimum atomic E-state index is -0.730. The lowest BCUT2D eigenvalue weighted by molar-refractivity contribution is -0.106. The van der Waals surface area contributed by atoms with Crippen LogP contribution in [0.25, 0.3) is 0 Å². The van der Waals surface area contributed by atoms with Crippen LogP contribution in [-0.4, -0.2) is 17.5 Å². The molecular weight excluding hydrogens is 212 g/mol. The summed E-state index contributed by atoms with van der Waals surface area (Å²) >= 11 is 0. The van der Waals surface area contributed by atoms with Gasteiger partial charge in [-0.05, 0) is 56.6 Å². The van der Waals surface area contributed by atoms with Crippen LogP contribution in [0, 0.1) is 5.41 Å². The molecule has 1 aliphatic carbocycles. The van der Waals surface area contributed by atoms with Crippen LogP contribution < -0.4 is 0 Å². The Balaban J connectivity index is 2.30. The highest BCUT2D eigenvalue weighted by molar-refractivity contribution is 5.29. The summed E-state index contributed by atoms with van der Waals surface area (Å²) in [5.41, 5.74) is 4.34. The summed E-state index contributed by atoms with van der Waals surface area (Å²) in [6, 6.07) is 0. The SMILES string of the molecule is CC1=CC(O)OC(C2=C(C)CCCC2(C)C)C1. The molecule has 2 rings (SSSR count). The number of aliphatic hydroxyl groups excluding tert-OH is 1. The van der Waals surface area contributed by atoms with Crippen molar-refractivity contribution in [1.29, 1.82) is 0 Å². The Bertz CT molecular complexity index is 363. The van der Waals surface area contributed by atoms with E-state index < -0.39 is 6.29 Å². The van der Waals surface area contributed by atoms with Crippen LogP contribution in [0.2, 0.25) is 0 Å². The maximum absolute atomic E-state index is 9.72. The molecule has 17 heavy (non-hydrogen) atoms. The molecule has 0 aromatic rings. The zero-order valence-electron chi connectivity index (χ0n) is 11.4. The summed E-state index contributed by atoms with van der Waals surface area (Å²) in [6.45, 7) is 8.90. The normalized spacial score (nSPS) is 33.6. The minimum Gasteiger partial charge on any atom is -0.365 e. The highest BCUT2D eigenvalue weighted by Crippen LogP contribution is 2.44. The van der Waals surface area contributed by atoms with E-state index in [2.05, 4.69) is 27.7 Å². The molecule has 0 radical (unpaired) electrons. The fourth-order valence-electron chi connectivity index (χ4n) is 3.38. The lowest BCUT2D eigenvalue weighted by Crippen LogP contribution is -2.35. The van der Waals surface area contributed by atoms with E-state index in [1.54, 1.807) is 0 Å². The second kappa shape index (κ2) is 4.58. The Morgan fingerprint density at radius 3 is 2.65 bits per heavy atom. The van der Waals surface area contributed by atoms with E-state index in [-0.39, 0.29) is 11.5 Å². The van der Waals surface area contributed by atoms with Crippen molar-refractivity contribution in [3.05, 3.63) is 22.8 Å². The third-order valence-electron chi connectivity index (χ3n) is 4.10. The molecule has 2 nitrogen and oxygen atoms in total. The molecule has 1 heterocycles. The molecule has 96 valence electrons. The van der Waals surface area contributed by atoms with E-state index >= 15 is 0 Å². The molecule has 0 aromatic heterocycles. The first kappa shape index (κ1) is 12.8. The summed E-state index contributed by atoms with van der Waals surface area (Å²) in [7, 11) is 0. The minimum absolute atomic E-state index is 0.0744. The smallest absolute Gasteiger partial charge is 0.175 e. The average Bonchev–Trinajstić information content (AvgIpc) is 2.13. The second-order valence-electron chi connectivity index (χ2n) is 6.16. The van der Waals surface area contributed by atoms with Gasteiger partial charge in [-0.25, -0.2) is 0 Å². The molecule has 0 saturated heterocycles. The fourth-order valence-corrected chi connectivity index (χ4v) is 3.38. The van der Waals surface area contributed by atoms with Gasteiger partial charge in [0.2, 0.25) is 0 Å². The zero-order chi connectivity index (χ0) is 12.6. The van der Waals surface area contributed by atoms with Gasteiger partial charge in [-0.1, -0.05) is 25.0 Å². The highest BCUT2D eigenvalue weighted by atomic mass is 16.6. The zero-order valence-corrected chi connectivity index (χ0v) is 11.4. The Labute approximate surface area is 104 Å². The number of allylic oxidation sites excluding steroid dienone is 1. The largest absolute Gasteiger partial charge is 0.365 e. The lowest BCUT2D eigenvalue weighted by Gasteiger charge is -2.40. The van der Waals surface area contributed by atoms with Gasteiger partial charge in [-0.15, -0.1) is 0 Å². The monoisotopic (exact) mass is 236 g/mol. The Kier molecular flexibility index (Phi) is 3.46. The second-order valence-corrected chi connectivity index (χ2v) is 6.16. The average molecular weight is 236 g/mol. The maximum Gasteiger partial charge on any atom is 0.175 e. The molecule has 1 N–H and O–H groups in total. The van der Waals surface area contributed by atoms with E-state index in [1.165, 1.54) is 36.0 Å². The third kappa shape index (κ3) is 2.63. The van der Waals surface area contributed by atoms with E-state index in [0.717, 1.165) is 6.42 Å². The van der Waals surface area contributed by atoms with Gasteiger partial charge in [0.1, 0.15) is 0 Å². The predicted octanol–water partition coefficient (Wildman–Crippen LogP) is 3.57. The van der Waals surface area contributed by atoms with Crippen molar-refractivity contribution < 1.29 is 9.84 Å². The first-order valence-electron chi connectivity index (χ1n) is 6.61. The van der Waals surface area contributed by atoms with Crippen molar-refractivity contribution in [2.45, 2.75) is 65.8 Å².